The molecule has 0 spiro atoms. The van der Waals surface area contributed by atoms with Crippen molar-refractivity contribution in [1.29, 1.82) is 0 Å². The Hall–Kier alpha value is -1.83. The fourth-order valence-electron chi connectivity index (χ4n) is 1.98. The van der Waals surface area contributed by atoms with Crippen LogP contribution in [0.1, 0.15) is 72.6 Å². The van der Waals surface area contributed by atoms with Crippen LogP contribution in [0.2, 0.25) is 0 Å². The van der Waals surface area contributed by atoms with Crippen LogP contribution in [0.5, 0.6) is 0 Å². The van der Waals surface area contributed by atoms with E-state index in [9.17, 15) is 14.4 Å². The third-order valence-corrected chi connectivity index (χ3v) is 3.28. The summed E-state index contributed by atoms with van der Waals surface area (Å²) in [6.45, 7) is 8.80. The number of amides is 2. The van der Waals surface area contributed by atoms with Crippen LogP contribution in [0.3, 0.4) is 0 Å². The molecule has 0 unspecified atom stereocenters. The van der Waals surface area contributed by atoms with Crippen LogP contribution in [0, 0.1) is 0 Å². The lowest BCUT2D eigenvalue weighted by Gasteiger charge is -2.22. The molecule has 0 rings (SSSR count). The molecule has 0 bridgehead atoms. The maximum Gasteiger partial charge on any atom is 0.407 e. The van der Waals surface area contributed by atoms with Crippen LogP contribution in [0.25, 0.3) is 0 Å². The van der Waals surface area contributed by atoms with Gasteiger partial charge in [-0.05, 0) is 46.5 Å². The van der Waals surface area contributed by atoms with Gasteiger partial charge < -0.3 is 15.2 Å². The van der Waals surface area contributed by atoms with Crippen LogP contribution in [0.4, 0.5) is 4.79 Å². The third-order valence-electron chi connectivity index (χ3n) is 3.28. The molecule has 2 amide bonds. The highest BCUT2D eigenvalue weighted by atomic mass is 16.7. The number of alkyl carbamates (subject to hydrolysis) is 1. The van der Waals surface area contributed by atoms with Gasteiger partial charge in [0.2, 0.25) is 5.91 Å². The zero-order valence-corrected chi connectivity index (χ0v) is 16.5. The van der Waals surface area contributed by atoms with Gasteiger partial charge in [0.05, 0.1) is 13.0 Å². The predicted molar refractivity (Wildman–Crippen MR) is 97.5 cm³/mol. The van der Waals surface area contributed by atoms with E-state index in [-0.39, 0.29) is 18.7 Å². The highest BCUT2D eigenvalue weighted by molar-refractivity contribution is 5.79. The normalized spacial score (nSPS) is 11.1. The van der Waals surface area contributed by atoms with Crippen molar-refractivity contribution >= 4 is 18.0 Å². The van der Waals surface area contributed by atoms with Crippen LogP contribution in [-0.4, -0.2) is 53.4 Å². The van der Waals surface area contributed by atoms with Gasteiger partial charge >= 0.3 is 12.1 Å². The molecule has 0 saturated carbocycles. The summed E-state index contributed by atoms with van der Waals surface area (Å²) >= 11 is 0. The molecule has 0 aromatic heterocycles. The Morgan fingerprint density at radius 2 is 1.73 bits per heavy atom. The number of ether oxygens (including phenoxy) is 1. The van der Waals surface area contributed by atoms with E-state index in [1.54, 1.807) is 20.8 Å². The highest BCUT2D eigenvalue weighted by Crippen LogP contribution is 2.07. The van der Waals surface area contributed by atoms with Crippen molar-refractivity contribution < 1.29 is 29.1 Å². The number of carbonyl (C=O) groups excluding carboxylic acids is 2. The topological polar surface area (TPSA) is 105 Å². The molecule has 0 aliphatic carbocycles. The molecule has 0 aliphatic rings. The summed E-state index contributed by atoms with van der Waals surface area (Å²) in [6, 6.07) is 0. The zero-order chi connectivity index (χ0) is 20.0. The van der Waals surface area contributed by atoms with Gasteiger partial charge in [-0.2, -0.15) is 0 Å². The fourth-order valence-corrected chi connectivity index (χ4v) is 1.98. The summed E-state index contributed by atoms with van der Waals surface area (Å²) in [6.07, 6.45) is 3.34. The summed E-state index contributed by atoms with van der Waals surface area (Å²) in [7, 11) is 0. The van der Waals surface area contributed by atoms with Crippen molar-refractivity contribution in [2.24, 2.45) is 0 Å². The van der Waals surface area contributed by atoms with Gasteiger partial charge in [-0.25, -0.2) is 9.86 Å². The first kappa shape index (κ1) is 24.2. The summed E-state index contributed by atoms with van der Waals surface area (Å²) in [5.74, 6) is -1.31. The Bertz CT molecular complexity index is 434. The maximum atomic E-state index is 12.0. The largest absolute Gasteiger partial charge is 0.481 e. The molecular weight excluding hydrogens is 340 g/mol. The molecule has 2 N–H and O–H groups in total. The average Bonchev–Trinajstić information content (AvgIpc) is 2.52. The first-order valence-corrected chi connectivity index (χ1v) is 9.27. The molecule has 0 fully saturated rings. The lowest BCUT2D eigenvalue weighted by molar-refractivity contribution is -0.188. The maximum absolute atomic E-state index is 12.0. The summed E-state index contributed by atoms with van der Waals surface area (Å²) in [5.41, 5.74) is -0.517. The van der Waals surface area contributed by atoms with Gasteiger partial charge in [-0.1, -0.05) is 13.3 Å². The van der Waals surface area contributed by atoms with Gasteiger partial charge in [0, 0.05) is 19.5 Å². The number of carbonyl (C=O) groups is 3. The molecule has 0 heterocycles. The van der Waals surface area contributed by atoms with E-state index in [1.165, 1.54) is 5.06 Å². The van der Waals surface area contributed by atoms with Crippen molar-refractivity contribution in [3.63, 3.8) is 0 Å². The smallest absolute Gasteiger partial charge is 0.407 e. The van der Waals surface area contributed by atoms with Crippen molar-refractivity contribution in [3.8, 4) is 0 Å². The second kappa shape index (κ2) is 13.4. The van der Waals surface area contributed by atoms with E-state index in [1.807, 2.05) is 6.92 Å². The Morgan fingerprint density at radius 3 is 2.31 bits per heavy atom. The molecule has 0 saturated heterocycles. The molecular formula is C18H34N2O6. The number of carboxylic acid groups (broad SMARTS) is 1. The SMILES string of the molecule is CCCCON(CCCCCNC(=O)OC(C)(C)C)C(=O)CCC(=O)O. The van der Waals surface area contributed by atoms with Crippen molar-refractivity contribution in [3.05, 3.63) is 0 Å². The first-order valence-electron chi connectivity index (χ1n) is 9.27. The third kappa shape index (κ3) is 14.5. The van der Waals surface area contributed by atoms with Crippen molar-refractivity contribution in [2.75, 3.05) is 19.7 Å². The molecule has 0 aromatic rings. The van der Waals surface area contributed by atoms with E-state index in [0.29, 0.717) is 26.1 Å². The van der Waals surface area contributed by atoms with Crippen LogP contribution in [-0.2, 0) is 19.2 Å². The number of unbranched alkanes of at least 4 members (excludes halogenated alkanes) is 3. The molecule has 0 radical (unpaired) electrons. The number of nitrogens with zero attached hydrogens (tertiary/aromatic N) is 1. The Labute approximate surface area is 156 Å². The van der Waals surface area contributed by atoms with Gasteiger partial charge in [0.15, 0.2) is 0 Å². The second-order valence-electron chi connectivity index (χ2n) is 7.07. The van der Waals surface area contributed by atoms with Crippen LogP contribution >= 0.6 is 0 Å². The molecule has 26 heavy (non-hydrogen) atoms. The quantitative estimate of drug-likeness (QED) is 0.379. The van der Waals surface area contributed by atoms with Crippen molar-refractivity contribution in [2.45, 2.75) is 78.2 Å². The average molecular weight is 374 g/mol. The molecule has 8 heteroatoms. The molecule has 0 aliphatic heterocycles. The fraction of sp³-hybridized carbons (Fsp3) is 0.833. The van der Waals surface area contributed by atoms with Gasteiger partial charge in [0.1, 0.15) is 5.60 Å². The highest BCUT2D eigenvalue weighted by Gasteiger charge is 2.16. The predicted octanol–water partition coefficient (Wildman–Crippen LogP) is 3.11. The van der Waals surface area contributed by atoms with E-state index in [2.05, 4.69) is 5.32 Å². The number of nitrogens with one attached hydrogen (secondary N) is 1. The van der Waals surface area contributed by atoms with Crippen LogP contribution < -0.4 is 5.32 Å². The van der Waals surface area contributed by atoms with E-state index in [0.717, 1.165) is 25.7 Å². The number of hydroxylamine groups is 2. The molecule has 0 atom stereocenters. The zero-order valence-electron chi connectivity index (χ0n) is 16.5. The number of hydrogen-bond donors (Lipinski definition) is 2. The summed E-state index contributed by atoms with van der Waals surface area (Å²) in [4.78, 5) is 39.6. The van der Waals surface area contributed by atoms with Gasteiger partial charge in [0.25, 0.3) is 0 Å². The van der Waals surface area contributed by atoms with Gasteiger partial charge in [-0.15, -0.1) is 0 Å². The molecule has 152 valence electrons. The van der Waals surface area contributed by atoms with E-state index >= 15 is 0 Å². The monoisotopic (exact) mass is 374 g/mol. The Kier molecular flexibility index (Phi) is 12.4. The minimum atomic E-state index is -1.000. The Morgan fingerprint density at radius 1 is 1.04 bits per heavy atom. The lowest BCUT2D eigenvalue weighted by atomic mass is 10.2. The second-order valence-corrected chi connectivity index (χ2v) is 7.07. The van der Waals surface area contributed by atoms with Crippen LogP contribution in [0.15, 0.2) is 0 Å². The minimum absolute atomic E-state index is 0.0678. The van der Waals surface area contributed by atoms with Gasteiger partial charge in [-0.3, -0.25) is 14.4 Å². The number of rotatable bonds is 13. The Balaban J connectivity index is 4.05. The number of aliphatic carboxylic acids is 1. The number of carboxylic acids is 1. The van der Waals surface area contributed by atoms with E-state index in [4.69, 9.17) is 14.7 Å². The number of hydrogen-bond acceptors (Lipinski definition) is 5. The van der Waals surface area contributed by atoms with Crippen molar-refractivity contribution in [1.82, 2.24) is 10.4 Å². The van der Waals surface area contributed by atoms with E-state index < -0.39 is 17.7 Å². The lowest BCUT2D eigenvalue weighted by Crippen LogP contribution is -2.33. The standard InChI is InChI=1S/C18H34N2O6/c1-5-6-14-25-20(15(21)10-11-16(22)23)13-9-7-8-12-19-17(24)26-18(2,3)4/h5-14H2,1-4H3,(H,19,24)(H,22,23). The molecule has 0 aromatic carbocycles. The molecule has 8 nitrogen and oxygen atoms in total. The first-order chi connectivity index (χ1) is 12.2. The summed E-state index contributed by atoms with van der Waals surface area (Å²) < 4.78 is 5.14. The summed E-state index contributed by atoms with van der Waals surface area (Å²) in [5, 5.41) is 12.7. The minimum Gasteiger partial charge on any atom is -0.481 e.